The molecule has 3 aromatic rings. The molecular weight excluding hydrogens is 438 g/mol. The predicted octanol–water partition coefficient (Wildman–Crippen LogP) is 6.08. The molecule has 1 aliphatic rings. The lowest BCUT2D eigenvalue weighted by Crippen LogP contribution is -2.26. The van der Waals surface area contributed by atoms with E-state index in [1.54, 1.807) is 54.6 Å². The van der Waals surface area contributed by atoms with Gasteiger partial charge in [-0.25, -0.2) is 4.79 Å². The van der Waals surface area contributed by atoms with Crippen molar-refractivity contribution in [3.8, 4) is 0 Å². The molecule has 0 amide bonds. The van der Waals surface area contributed by atoms with Crippen molar-refractivity contribution in [1.82, 2.24) is 0 Å². The highest BCUT2D eigenvalue weighted by Gasteiger charge is 2.33. The molecule has 0 radical (unpaired) electrons. The first kappa shape index (κ1) is 22.5. The van der Waals surface area contributed by atoms with Gasteiger partial charge in [-0.15, -0.1) is 11.8 Å². The summed E-state index contributed by atoms with van der Waals surface area (Å²) in [5.41, 5.74) is 1.44. The number of nitro groups is 1. The van der Waals surface area contributed by atoms with Crippen LogP contribution >= 0.6 is 11.8 Å². The molecule has 0 aromatic heterocycles. The first-order valence-electron chi connectivity index (χ1n) is 10.5. The van der Waals surface area contributed by atoms with Gasteiger partial charge in [-0.05, 0) is 37.5 Å². The molecule has 0 N–H and O–H groups in total. The van der Waals surface area contributed by atoms with Gasteiger partial charge in [0, 0.05) is 17.2 Å². The number of nitro benzene ring substituents is 1. The van der Waals surface area contributed by atoms with E-state index >= 15 is 0 Å². The van der Waals surface area contributed by atoms with Gasteiger partial charge in [0.15, 0.2) is 5.78 Å². The summed E-state index contributed by atoms with van der Waals surface area (Å²) in [5, 5.41) is 10.9. The normalized spacial score (nSPS) is 17.3. The second kappa shape index (κ2) is 10.3. The molecule has 33 heavy (non-hydrogen) atoms. The standard InChI is InChI=1S/C26H21NO5S/c28-24-20(14-9-17-23(24)33-22-16-8-7-15-21(22)27(30)31)25(18-10-3-1-4-11-18)32-26(29)19-12-5-2-6-13-19/h1-8,10-13,15-16,23H,9,14,17H2. The Balaban J connectivity index is 1.69. The van der Waals surface area contributed by atoms with Crippen molar-refractivity contribution < 1.29 is 19.2 Å². The number of carbonyl (C=O) groups is 2. The second-order valence-electron chi connectivity index (χ2n) is 7.52. The van der Waals surface area contributed by atoms with Crippen LogP contribution in [-0.4, -0.2) is 21.9 Å². The third-order valence-corrected chi connectivity index (χ3v) is 6.66. The van der Waals surface area contributed by atoms with Gasteiger partial charge in [0.2, 0.25) is 0 Å². The van der Waals surface area contributed by atoms with Crippen molar-refractivity contribution in [2.75, 3.05) is 0 Å². The quantitative estimate of drug-likeness (QED) is 0.146. The van der Waals surface area contributed by atoms with Crippen LogP contribution in [0.1, 0.15) is 35.2 Å². The molecular formula is C26H21NO5S. The van der Waals surface area contributed by atoms with E-state index in [0.717, 1.165) is 0 Å². The molecule has 1 saturated carbocycles. The van der Waals surface area contributed by atoms with Gasteiger partial charge in [-0.2, -0.15) is 0 Å². The molecule has 1 unspecified atom stereocenters. The van der Waals surface area contributed by atoms with Crippen LogP contribution in [0.15, 0.2) is 95.4 Å². The van der Waals surface area contributed by atoms with Crippen molar-refractivity contribution in [3.63, 3.8) is 0 Å². The van der Waals surface area contributed by atoms with Crippen LogP contribution in [0.4, 0.5) is 5.69 Å². The third-order valence-electron chi connectivity index (χ3n) is 5.33. The number of allylic oxidation sites excluding steroid dienone is 1. The molecule has 0 heterocycles. The molecule has 1 fully saturated rings. The summed E-state index contributed by atoms with van der Waals surface area (Å²) < 4.78 is 5.80. The maximum atomic E-state index is 13.5. The molecule has 1 atom stereocenters. The summed E-state index contributed by atoms with van der Waals surface area (Å²) in [4.78, 5) is 37.7. The summed E-state index contributed by atoms with van der Waals surface area (Å²) in [5.74, 6) is -0.449. The zero-order valence-corrected chi connectivity index (χ0v) is 18.5. The largest absolute Gasteiger partial charge is 0.422 e. The summed E-state index contributed by atoms with van der Waals surface area (Å²) in [7, 11) is 0. The van der Waals surface area contributed by atoms with Gasteiger partial charge in [-0.1, -0.05) is 60.7 Å². The predicted molar refractivity (Wildman–Crippen MR) is 127 cm³/mol. The van der Waals surface area contributed by atoms with Crippen molar-refractivity contribution in [2.45, 2.75) is 29.4 Å². The number of Topliss-reactive ketones (excluding diaryl/α,β-unsaturated/α-hetero) is 1. The number of nitrogens with zero attached hydrogens (tertiary/aromatic N) is 1. The van der Waals surface area contributed by atoms with Gasteiger partial charge < -0.3 is 4.74 Å². The van der Waals surface area contributed by atoms with Gasteiger partial charge >= 0.3 is 5.97 Å². The Morgan fingerprint density at radius 2 is 1.52 bits per heavy atom. The van der Waals surface area contributed by atoms with Gasteiger partial charge in [0.25, 0.3) is 5.69 Å². The maximum Gasteiger partial charge on any atom is 0.343 e. The third kappa shape index (κ3) is 5.21. The number of ketones is 1. The molecule has 0 bridgehead atoms. The number of ether oxygens (including phenoxy) is 1. The van der Waals surface area contributed by atoms with E-state index < -0.39 is 16.1 Å². The highest BCUT2D eigenvalue weighted by Crippen LogP contribution is 2.40. The lowest BCUT2D eigenvalue weighted by molar-refractivity contribution is -0.387. The van der Waals surface area contributed by atoms with Crippen LogP contribution in [0.2, 0.25) is 0 Å². The second-order valence-corrected chi connectivity index (χ2v) is 8.76. The van der Waals surface area contributed by atoms with E-state index in [0.29, 0.717) is 40.9 Å². The van der Waals surface area contributed by atoms with Crippen LogP contribution in [0.5, 0.6) is 0 Å². The Morgan fingerprint density at radius 3 is 2.18 bits per heavy atom. The molecule has 3 aromatic carbocycles. The lowest BCUT2D eigenvalue weighted by atomic mass is 9.90. The minimum absolute atomic E-state index is 0.0230. The average Bonchev–Trinajstić information content (AvgIpc) is 2.85. The summed E-state index contributed by atoms with van der Waals surface area (Å²) in [6.07, 6.45) is 1.77. The maximum absolute atomic E-state index is 13.5. The van der Waals surface area contributed by atoms with E-state index in [4.69, 9.17) is 4.74 Å². The van der Waals surface area contributed by atoms with Crippen molar-refractivity contribution >= 4 is 35.0 Å². The van der Waals surface area contributed by atoms with Crippen LogP contribution in [0, 0.1) is 10.1 Å². The van der Waals surface area contributed by atoms with Gasteiger partial charge in [0.1, 0.15) is 5.76 Å². The number of carbonyl (C=O) groups excluding carboxylic acids is 2. The summed E-state index contributed by atoms with van der Waals surface area (Å²) in [6, 6.07) is 24.1. The zero-order chi connectivity index (χ0) is 23.2. The average molecular weight is 460 g/mol. The van der Waals surface area contributed by atoms with Gasteiger partial charge in [0.05, 0.1) is 20.6 Å². The van der Waals surface area contributed by atoms with Crippen LogP contribution in [0.3, 0.4) is 0 Å². The number of para-hydroxylation sites is 1. The van der Waals surface area contributed by atoms with Crippen molar-refractivity contribution in [2.24, 2.45) is 0 Å². The van der Waals surface area contributed by atoms with E-state index in [2.05, 4.69) is 0 Å². The number of thioether (sulfide) groups is 1. The Bertz CT molecular complexity index is 1210. The minimum Gasteiger partial charge on any atom is -0.422 e. The van der Waals surface area contributed by atoms with Crippen LogP contribution < -0.4 is 0 Å². The molecule has 0 spiro atoms. The molecule has 6 nitrogen and oxygen atoms in total. The number of rotatable bonds is 6. The number of hydrogen-bond acceptors (Lipinski definition) is 6. The first-order chi connectivity index (χ1) is 16.0. The highest BCUT2D eigenvalue weighted by molar-refractivity contribution is 8.00. The molecule has 4 rings (SSSR count). The van der Waals surface area contributed by atoms with Crippen molar-refractivity contribution in [1.29, 1.82) is 0 Å². The molecule has 1 aliphatic carbocycles. The van der Waals surface area contributed by atoms with Crippen LogP contribution in [0.25, 0.3) is 5.76 Å². The monoisotopic (exact) mass is 459 g/mol. The smallest absolute Gasteiger partial charge is 0.343 e. The SMILES string of the molecule is O=C(OC(=C1CCCC(Sc2ccccc2[N+](=O)[O-])C1=O)c1ccccc1)c1ccccc1. The van der Waals surface area contributed by atoms with Crippen LogP contribution in [-0.2, 0) is 9.53 Å². The number of esters is 1. The first-order valence-corrected chi connectivity index (χ1v) is 11.4. The van der Waals surface area contributed by atoms with E-state index in [-0.39, 0.29) is 17.2 Å². The number of hydrogen-bond donors (Lipinski definition) is 0. The Kier molecular flexibility index (Phi) is 7.00. The Morgan fingerprint density at radius 1 is 0.909 bits per heavy atom. The molecule has 166 valence electrons. The topological polar surface area (TPSA) is 86.5 Å². The summed E-state index contributed by atoms with van der Waals surface area (Å²) >= 11 is 1.19. The lowest BCUT2D eigenvalue weighted by Gasteiger charge is -2.24. The van der Waals surface area contributed by atoms with Crippen molar-refractivity contribution in [3.05, 3.63) is 112 Å². The number of benzene rings is 3. The zero-order valence-electron chi connectivity index (χ0n) is 17.7. The molecule has 0 aliphatic heterocycles. The fraction of sp³-hybridized carbons (Fsp3) is 0.154. The Labute approximate surface area is 195 Å². The fourth-order valence-corrected chi connectivity index (χ4v) is 4.98. The molecule has 0 saturated heterocycles. The van der Waals surface area contributed by atoms with Gasteiger partial charge in [-0.3, -0.25) is 14.9 Å². The minimum atomic E-state index is -0.539. The van der Waals surface area contributed by atoms with E-state index in [1.165, 1.54) is 17.8 Å². The van der Waals surface area contributed by atoms with E-state index in [9.17, 15) is 19.7 Å². The molecule has 7 heteroatoms. The fourth-order valence-electron chi connectivity index (χ4n) is 3.72. The highest BCUT2D eigenvalue weighted by atomic mass is 32.2. The van der Waals surface area contributed by atoms with E-state index in [1.807, 2.05) is 24.3 Å². The Hall–Kier alpha value is -3.71. The summed E-state index contributed by atoms with van der Waals surface area (Å²) in [6.45, 7) is 0.